The van der Waals surface area contributed by atoms with Gasteiger partial charge in [0, 0.05) is 37.9 Å². The Hall–Kier alpha value is -2.63. The van der Waals surface area contributed by atoms with Gasteiger partial charge in [-0.3, -0.25) is 10.1 Å². The topological polar surface area (TPSA) is 62.5 Å². The largest absolute Gasteiger partial charge is 0.362 e. The van der Waals surface area contributed by atoms with Crippen molar-refractivity contribution in [1.29, 1.82) is 0 Å². The molecule has 2 heterocycles. The highest BCUT2D eigenvalue weighted by Crippen LogP contribution is 2.28. The maximum Gasteiger partial charge on any atom is 0.292 e. The monoisotopic (exact) mass is 298 g/mol. The van der Waals surface area contributed by atoms with Crippen LogP contribution in [-0.2, 0) is 0 Å². The van der Waals surface area contributed by atoms with E-state index in [-0.39, 0.29) is 10.6 Å². The molecule has 0 atom stereocenters. The summed E-state index contributed by atoms with van der Waals surface area (Å²) in [6.07, 6.45) is 0. The summed E-state index contributed by atoms with van der Waals surface area (Å²) in [4.78, 5) is 19.7. The van der Waals surface area contributed by atoms with Crippen LogP contribution in [0.25, 0.3) is 0 Å². The highest BCUT2D eigenvalue weighted by molar-refractivity contribution is 5.63. The molecule has 0 unspecified atom stereocenters. The summed E-state index contributed by atoms with van der Waals surface area (Å²) in [6.45, 7) is 5.10. The summed E-state index contributed by atoms with van der Waals surface area (Å²) in [5.74, 6) is 0.974. The van der Waals surface area contributed by atoms with E-state index in [4.69, 9.17) is 0 Å². The van der Waals surface area contributed by atoms with E-state index in [1.807, 2.05) is 37.3 Å². The second-order valence-electron chi connectivity index (χ2n) is 5.36. The summed E-state index contributed by atoms with van der Waals surface area (Å²) >= 11 is 0. The van der Waals surface area contributed by atoms with Gasteiger partial charge in [0.2, 0.25) is 0 Å². The lowest BCUT2D eigenvalue weighted by Gasteiger charge is -2.36. The third kappa shape index (κ3) is 2.86. The molecule has 0 amide bonds. The fraction of sp³-hybridized carbons (Fsp3) is 0.312. The highest BCUT2D eigenvalue weighted by Gasteiger charge is 2.23. The van der Waals surface area contributed by atoms with Crippen molar-refractivity contribution in [1.82, 2.24) is 4.98 Å². The Bertz CT molecular complexity index is 681. The molecule has 1 aromatic carbocycles. The molecule has 1 aliphatic heterocycles. The molecule has 2 aromatic rings. The number of para-hydroxylation sites is 2. The van der Waals surface area contributed by atoms with Crippen molar-refractivity contribution < 1.29 is 4.92 Å². The van der Waals surface area contributed by atoms with Gasteiger partial charge in [0.15, 0.2) is 0 Å². The van der Waals surface area contributed by atoms with E-state index in [9.17, 15) is 10.1 Å². The molecule has 1 saturated heterocycles. The van der Waals surface area contributed by atoms with E-state index < -0.39 is 0 Å². The number of hydrogen-bond acceptors (Lipinski definition) is 5. The molecular weight excluding hydrogens is 280 g/mol. The normalized spacial score (nSPS) is 15.0. The number of hydrogen-bond donors (Lipinski definition) is 0. The van der Waals surface area contributed by atoms with Gasteiger partial charge in [0.05, 0.1) is 4.92 Å². The number of aryl methyl sites for hydroxylation is 1. The first-order valence-electron chi connectivity index (χ1n) is 7.32. The van der Waals surface area contributed by atoms with Crippen LogP contribution in [0.4, 0.5) is 17.2 Å². The van der Waals surface area contributed by atoms with Crippen LogP contribution in [0, 0.1) is 17.0 Å². The minimum absolute atomic E-state index is 0.171. The SMILES string of the molecule is Cc1cccc(N2CCN(c3ccccc3[N+](=O)[O-])CC2)n1. The van der Waals surface area contributed by atoms with E-state index in [2.05, 4.69) is 14.8 Å². The molecule has 3 rings (SSSR count). The maximum absolute atomic E-state index is 11.1. The molecule has 1 aliphatic rings. The zero-order valence-electron chi connectivity index (χ0n) is 12.5. The molecule has 0 saturated carbocycles. The van der Waals surface area contributed by atoms with Crippen molar-refractivity contribution in [3.8, 4) is 0 Å². The average Bonchev–Trinajstić information content (AvgIpc) is 2.55. The second-order valence-corrected chi connectivity index (χ2v) is 5.36. The van der Waals surface area contributed by atoms with Crippen molar-refractivity contribution in [2.45, 2.75) is 6.92 Å². The Labute approximate surface area is 129 Å². The van der Waals surface area contributed by atoms with Crippen LogP contribution < -0.4 is 9.80 Å². The standard InChI is InChI=1S/C16H18N4O2/c1-13-5-4-8-16(17-13)19-11-9-18(10-12-19)14-6-2-3-7-15(14)20(21)22/h2-8H,9-12H2,1H3. The molecule has 1 fully saturated rings. The van der Waals surface area contributed by atoms with E-state index in [1.54, 1.807) is 12.1 Å². The lowest BCUT2D eigenvalue weighted by atomic mass is 10.2. The minimum Gasteiger partial charge on any atom is -0.362 e. The van der Waals surface area contributed by atoms with Gasteiger partial charge in [-0.2, -0.15) is 0 Å². The van der Waals surface area contributed by atoms with E-state index in [0.717, 1.165) is 37.7 Å². The molecule has 0 radical (unpaired) electrons. The highest BCUT2D eigenvalue weighted by atomic mass is 16.6. The fourth-order valence-electron chi connectivity index (χ4n) is 2.77. The first kappa shape index (κ1) is 14.3. The lowest BCUT2D eigenvalue weighted by molar-refractivity contribution is -0.384. The van der Waals surface area contributed by atoms with E-state index in [0.29, 0.717) is 5.69 Å². The number of aromatic nitrogens is 1. The predicted molar refractivity (Wildman–Crippen MR) is 86.5 cm³/mol. The molecule has 1 aromatic heterocycles. The minimum atomic E-state index is -0.316. The first-order valence-corrected chi connectivity index (χ1v) is 7.32. The van der Waals surface area contributed by atoms with Crippen molar-refractivity contribution in [3.63, 3.8) is 0 Å². The number of piperazine rings is 1. The van der Waals surface area contributed by atoms with Crippen LogP contribution in [0.3, 0.4) is 0 Å². The Balaban J connectivity index is 1.73. The van der Waals surface area contributed by atoms with Crippen LogP contribution in [0.15, 0.2) is 42.5 Å². The Morgan fingerprint density at radius 3 is 2.36 bits per heavy atom. The fourth-order valence-corrected chi connectivity index (χ4v) is 2.77. The van der Waals surface area contributed by atoms with E-state index in [1.165, 1.54) is 0 Å². The van der Waals surface area contributed by atoms with Crippen molar-refractivity contribution in [3.05, 3.63) is 58.3 Å². The Morgan fingerprint density at radius 1 is 1.00 bits per heavy atom. The number of rotatable bonds is 3. The number of benzene rings is 1. The first-order chi connectivity index (χ1) is 10.6. The predicted octanol–water partition coefficient (Wildman–Crippen LogP) is 2.62. The third-order valence-electron chi connectivity index (χ3n) is 3.90. The summed E-state index contributed by atoms with van der Waals surface area (Å²) < 4.78 is 0. The summed E-state index contributed by atoms with van der Waals surface area (Å²) in [5.41, 5.74) is 1.87. The van der Waals surface area contributed by atoms with Crippen molar-refractivity contribution >= 4 is 17.2 Å². The molecule has 6 nitrogen and oxygen atoms in total. The van der Waals surface area contributed by atoms with Crippen LogP contribution in [0.1, 0.15) is 5.69 Å². The van der Waals surface area contributed by atoms with Gasteiger partial charge in [-0.05, 0) is 25.1 Å². The molecule has 0 spiro atoms. The smallest absolute Gasteiger partial charge is 0.292 e. The van der Waals surface area contributed by atoms with Crippen LogP contribution in [0.2, 0.25) is 0 Å². The summed E-state index contributed by atoms with van der Waals surface area (Å²) in [5, 5.41) is 11.1. The van der Waals surface area contributed by atoms with Gasteiger partial charge in [0.25, 0.3) is 5.69 Å². The average molecular weight is 298 g/mol. The number of pyridine rings is 1. The molecule has 114 valence electrons. The van der Waals surface area contributed by atoms with Gasteiger partial charge in [-0.15, -0.1) is 0 Å². The lowest BCUT2D eigenvalue weighted by Crippen LogP contribution is -2.47. The zero-order chi connectivity index (χ0) is 15.5. The second kappa shape index (κ2) is 6.01. The molecular formula is C16H18N4O2. The molecule has 0 bridgehead atoms. The molecule has 22 heavy (non-hydrogen) atoms. The van der Waals surface area contributed by atoms with Gasteiger partial charge >= 0.3 is 0 Å². The molecule has 0 N–H and O–H groups in total. The summed E-state index contributed by atoms with van der Waals surface area (Å²) in [7, 11) is 0. The van der Waals surface area contributed by atoms with Gasteiger partial charge in [-0.25, -0.2) is 4.98 Å². The number of anilines is 2. The van der Waals surface area contributed by atoms with Gasteiger partial charge in [-0.1, -0.05) is 18.2 Å². The number of nitro groups is 1. The molecule has 0 aliphatic carbocycles. The van der Waals surface area contributed by atoms with E-state index >= 15 is 0 Å². The van der Waals surface area contributed by atoms with Gasteiger partial charge < -0.3 is 9.80 Å². The number of nitro benzene ring substituents is 1. The number of nitrogens with zero attached hydrogens (tertiary/aromatic N) is 4. The van der Waals surface area contributed by atoms with Crippen LogP contribution in [0.5, 0.6) is 0 Å². The quantitative estimate of drug-likeness (QED) is 0.644. The Kier molecular flexibility index (Phi) is 3.91. The van der Waals surface area contributed by atoms with Gasteiger partial charge in [0.1, 0.15) is 11.5 Å². The maximum atomic E-state index is 11.1. The van der Waals surface area contributed by atoms with Crippen LogP contribution in [-0.4, -0.2) is 36.1 Å². The van der Waals surface area contributed by atoms with Crippen molar-refractivity contribution in [2.24, 2.45) is 0 Å². The van der Waals surface area contributed by atoms with Crippen molar-refractivity contribution in [2.75, 3.05) is 36.0 Å². The summed E-state index contributed by atoms with van der Waals surface area (Å²) in [6, 6.07) is 12.9. The Morgan fingerprint density at radius 2 is 1.68 bits per heavy atom. The molecule has 6 heteroatoms. The van der Waals surface area contributed by atoms with Crippen LogP contribution >= 0.6 is 0 Å². The third-order valence-corrected chi connectivity index (χ3v) is 3.90. The zero-order valence-corrected chi connectivity index (χ0v) is 12.5.